The largest absolute Gasteiger partial charge is 0.465 e. The van der Waals surface area contributed by atoms with Crippen LogP contribution in [-0.2, 0) is 20.5 Å². The molecule has 0 saturated carbocycles. The van der Waals surface area contributed by atoms with Crippen LogP contribution in [0.4, 0.5) is 18.9 Å². The number of ether oxygens (including phenoxy) is 1. The number of methoxy groups -OCH3 is 1. The molecule has 11 heteroatoms. The van der Waals surface area contributed by atoms with Crippen LogP contribution in [0.15, 0.2) is 59.1 Å². The van der Waals surface area contributed by atoms with E-state index in [-0.39, 0.29) is 34.4 Å². The quantitative estimate of drug-likeness (QED) is 0.589. The molecule has 2 amide bonds. The number of nitriles is 1. The lowest BCUT2D eigenvalue weighted by molar-refractivity contribution is -0.137. The van der Waals surface area contributed by atoms with E-state index in [0.29, 0.717) is 11.1 Å². The van der Waals surface area contributed by atoms with Crippen LogP contribution in [0.25, 0.3) is 0 Å². The van der Waals surface area contributed by atoms with E-state index in [0.717, 1.165) is 23.9 Å². The highest BCUT2D eigenvalue weighted by atomic mass is 32.2. The average Bonchev–Trinajstić information content (AvgIpc) is 2.81. The van der Waals surface area contributed by atoms with E-state index in [1.165, 1.54) is 31.4 Å². The topological polar surface area (TPSA) is 108 Å². The fourth-order valence-corrected chi connectivity index (χ4v) is 4.17. The van der Waals surface area contributed by atoms with Crippen molar-refractivity contribution in [2.24, 2.45) is 0 Å². The number of nitrogens with zero attached hydrogens (tertiary/aromatic N) is 1. The molecule has 2 aromatic carbocycles. The molecule has 0 aromatic heterocycles. The van der Waals surface area contributed by atoms with Crippen molar-refractivity contribution < 1.29 is 32.3 Å². The predicted molar refractivity (Wildman–Crippen MR) is 118 cm³/mol. The second-order valence-electron chi connectivity index (χ2n) is 7.19. The molecule has 0 aliphatic carbocycles. The number of alkyl halides is 3. The zero-order chi connectivity index (χ0) is 24.9. The molecule has 1 aliphatic heterocycles. The number of hydrogen-bond donors (Lipinski definition) is 2. The monoisotopic (exact) mass is 489 g/mol. The van der Waals surface area contributed by atoms with Gasteiger partial charge in [-0.15, -0.1) is 0 Å². The molecular weight excluding hydrogens is 471 g/mol. The lowest BCUT2D eigenvalue weighted by atomic mass is 9.87. The third-order valence-electron chi connectivity index (χ3n) is 4.91. The Kier molecular flexibility index (Phi) is 7.63. The minimum Gasteiger partial charge on any atom is -0.465 e. The molecule has 0 bridgehead atoms. The summed E-state index contributed by atoms with van der Waals surface area (Å²) < 4.78 is 43.2. The molecule has 0 saturated heterocycles. The van der Waals surface area contributed by atoms with Crippen molar-refractivity contribution in [3.63, 3.8) is 0 Å². The van der Waals surface area contributed by atoms with Gasteiger partial charge >= 0.3 is 12.1 Å². The lowest BCUT2D eigenvalue weighted by Gasteiger charge is -2.25. The molecule has 1 heterocycles. The maximum atomic E-state index is 12.9. The number of amides is 2. The predicted octanol–water partition coefficient (Wildman–Crippen LogP) is 4.20. The van der Waals surface area contributed by atoms with Crippen molar-refractivity contribution in [3.05, 3.63) is 75.8 Å². The Morgan fingerprint density at radius 3 is 2.56 bits per heavy atom. The second-order valence-corrected chi connectivity index (χ2v) is 8.17. The number of carbonyl (C=O) groups is 3. The van der Waals surface area contributed by atoms with E-state index in [2.05, 4.69) is 21.4 Å². The van der Waals surface area contributed by atoms with Gasteiger partial charge < -0.3 is 15.4 Å². The third-order valence-corrected chi connectivity index (χ3v) is 5.93. The summed E-state index contributed by atoms with van der Waals surface area (Å²) in [5.74, 6) is -2.31. The van der Waals surface area contributed by atoms with Crippen molar-refractivity contribution in [3.8, 4) is 6.07 Å². The number of allylic oxidation sites excluding steroid dienone is 1. The first-order chi connectivity index (χ1) is 16.1. The number of thioether (sulfide) groups is 1. The van der Waals surface area contributed by atoms with Gasteiger partial charge in [0.1, 0.15) is 0 Å². The molecule has 2 aromatic rings. The maximum Gasteiger partial charge on any atom is 0.416 e. The standard InChI is InChI=1S/C23H18F3N3O4S/c1-33-22(32)14-7-5-13(6-8-14)17-10-19(30)29-21(18(17)11-27)34-12-20(31)28-16-4-2-3-15(9-16)23(24,25)26/h2-9,17H,10,12H2,1H3,(H,28,31)(H,29,30)/t17-/m1/s1. The fourth-order valence-electron chi connectivity index (χ4n) is 3.30. The van der Waals surface area contributed by atoms with Gasteiger partial charge in [-0.1, -0.05) is 30.0 Å². The number of hydrogen-bond acceptors (Lipinski definition) is 6. The van der Waals surface area contributed by atoms with E-state index in [1.807, 2.05) is 0 Å². The summed E-state index contributed by atoms with van der Waals surface area (Å²) in [6, 6.07) is 12.6. The van der Waals surface area contributed by atoms with E-state index in [9.17, 15) is 32.8 Å². The highest BCUT2D eigenvalue weighted by Crippen LogP contribution is 2.36. The molecule has 176 valence electrons. The van der Waals surface area contributed by atoms with Crippen LogP contribution in [-0.4, -0.2) is 30.6 Å². The van der Waals surface area contributed by atoms with Crippen molar-refractivity contribution in [1.29, 1.82) is 5.26 Å². The zero-order valence-electron chi connectivity index (χ0n) is 17.7. The van der Waals surface area contributed by atoms with E-state index in [1.54, 1.807) is 12.1 Å². The first-order valence-corrected chi connectivity index (χ1v) is 10.8. The molecule has 1 atom stereocenters. The molecule has 7 nitrogen and oxygen atoms in total. The number of halogens is 3. The number of benzene rings is 2. The number of nitrogens with one attached hydrogen (secondary N) is 2. The Hall–Kier alpha value is -3.78. The van der Waals surface area contributed by atoms with Crippen LogP contribution in [0.5, 0.6) is 0 Å². The van der Waals surface area contributed by atoms with Gasteiger partial charge in [0, 0.05) is 18.0 Å². The van der Waals surface area contributed by atoms with Crippen LogP contribution in [0.3, 0.4) is 0 Å². The van der Waals surface area contributed by atoms with Gasteiger partial charge in [0.25, 0.3) is 0 Å². The van der Waals surface area contributed by atoms with Crippen LogP contribution in [0, 0.1) is 11.3 Å². The fraction of sp³-hybridized carbons (Fsp3) is 0.217. The molecule has 1 aliphatic rings. The minimum atomic E-state index is -4.54. The van der Waals surface area contributed by atoms with Crippen LogP contribution < -0.4 is 10.6 Å². The zero-order valence-corrected chi connectivity index (χ0v) is 18.5. The van der Waals surface area contributed by atoms with Crippen molar-refractivity contribution >= 4 is 35.2 Å². The molecule has 0 fully saturated rings. The molecule has 34 heavy (non-hydrogen) atoms. The number of rotatable bonds is 6. The van der Waals surface area contributed by atoms with E-state index < -0.39 is 29.5 Å². The SMILES string of the molecule is COC(=O)c1ccc([C@H]2CC(=O)NC(SCC(=O)Nc3cccc(C(F)(F)F)c3)=C2C#N)cc1. The number of anilines is 1. The first kappa shape index (κ1) is 24.9. The van der Waals surface area contributed by atoms with Crippen molar-refractivity contribution in [2.75, 3.05) is 18.2 Å². The van der Waals surface area contributed by atoms with Gasteiger partial charge in [-0.3, -0.25) is 9.59 Å². The van der Waals surface area contributed by atoms with E-state index in [4.69, 9.17) is 0 Å². The minimum absolute atomic E-state index is 0.000948. The number of carbonyl (C=O) groups excluding carboxylic acids is 3. The lowest BCUT2D eigenvalue weighted by Crippen LogP contribution is -2.31. The normalized spacial score (nSPS) is 15.9. The summed E-state index contributed by atoms with van der Waals surface area (Å²) in [7, 11) is 1.25. The van der Waals surface area contributed by atoms with Gasteiger partial charge in [-0.05, 0) is 35.9 Å². The molecule has 0 unspecified atom stereocenters. The Morgan fingerprint density at radius 2 is 1.94 bits per heavy atom. The highest BCUT2D eigenvalue weighted by Gasteiger charge is 2.31. The van der Waals surface area contributed by atoms with E-state index >= 15 is 0 Å². The third kappa shape index (κ3) is 5.96. The molecule has 0 spiro atoms. The Morgan fingerprint density at radius 1 is 1.24 bits per heavy atom. The van der Waals surface area contributed by atoms with Crippen LogP contribution >= 0.6 is 11.8 Å². The molecular formula is C23H18F3N3O4S. The Labute approximate surface area is 197 Å². The maximum absolute atomic E-state index is 12.9. The summed E-state index contributed by atoms with van der Waals surface area (Å²) in [5, 5.41) is 14.9. The van der Waals surface area contributed by atoms with Gasteiger partial charge in [0.05, 0.1) is 40.7 Å². The second kappa shape index (κ2) is 10.4. The molecule has 3 rings (SSSR count). The highest BCUT2D eigenvalue weighted by molar-refractivity contribution is 8.03. The summed E-state index contributed by atoms with van der Waals surface area (Å²) in [5.41, 5.74) is 0.266. The summed E-state index contributed by atoms with van der Waals surface area (Å²) in [4.78, 5) is 36.2. The summed E-state index contributed by atoms with van der Waals surface area (Å²) in [6.45, 7) is 0. The number of esters is 1. The van der Waals surface area contributed by atoms with Crippen LogP contribution in [0.1, 0.15) is 33.8 Å². The summed E-state index contributed by atoms with van der Waals surface area (Å²) in [6.07, 6.45) is -4.54. The van der Waals surface area contributed by atoms with Crippen LogP contribution in [0.2, 0.25) is 0 Å². The van der Waals surface area contributed by atoms with Crippen molar-refractivity contribution in [1.82, 2.24) is 5.32 Å². The Bertz CT molecular complexity index is 1190. The summed E-state index contributed by atoms with van der Waals surface area (Å²) >= 11 is 0.898. The Balaban J connectivity index is 1.74. The average molecular weight is 489 g/mol. The molecule has 2 N–H and O–H groups in total. The van der Waals surface area contributed by atoms with Gasteiger partial charge in [-0.2, -0.15) is 18.4 Å². The first-order valence-electron chi connectivity index (χ1n) is 9.84. The van der Waals surface area contributed by atoms with Gasteiger partial charge in [0.2, 0.25) is 11.8 Å². The van der Waals surface area contributed by atoms with Crippen molar-refractivity contribution in [2.45, 2.75) is 18.5 Å². The van der Waals surface area contributed by atoms with Gasteiger partial charge in [-0.25, -0.2) is 4.79 Å². The van der Waals surface area contributed by atoms with Gasteiger partial charge in [0.15, 0.2) is 0 Å². The smallest absolute Gasteiger partial charge is 0.416 e. The molecule has 0 radical (unpaired) electrons.